The number of aromatic nitrogens is 15. The van der Waals surface area contributed by atoms with Crippen molar-refractivity contribution in [1.82, 2.24) is 73.7 Å². The van der Waals surface area contributed by atoms with Gasteiger partial charge in [0.2, 0.25) is 17.8 Å². The van der Waals surface area contributed by atoms with Crippen LogP contribution in [0.1, 0.15) is 27.7 Å². The molecule has 0 aliphatic carbocycles. The minimum Gasteiger partial charge on any atom is -0.399 e. The molecule has 6 aromatic carbocycles. The summed E-state index contributed by atoms with van der Waals surface area (Å²) < 4.78 is 17.9. The largest absolute Gasteiger partial charge is 0.494 e. The summed E-state index contributed by atoms with van der Waals surface area (Å²) in [6.07, 6.45) is 10.1. The Kier molecular flexibility index (Phi) is 15.0. The molecule has 0 spiro atoms. The van der Waals surface area contributed by atoms with Gasteiger partial charge in [-0.05, 0) is 114 Å². The Hall–Kier alpha value is -10.9. The van der Waals surface area contributed by atoms with Crippen LogP contribution < -0.4 is 22.7 Å². The van der Waals surface area contributed by atoms with Gasteiger partial charge in [-0.2, -0.15) is 0 Å². The van der Waals surface area contributed by atoms with Crippen molar-refractivity contribution in [3.63, 3.8) is 0 Å². The van der Waals surface area contributed by atoms with Crippen LogP contribution >= 0.6 is 15.9 Å². The molecule has 20 nitrogen and oxygen atoms in total. The Bertz CT molecular complexity index is 4810. The van der Waals surface area contributed by atoms with Crippen molar-refractivity contribution >= 4 is 96.0 Å². The number of benzene rings is 6. The normalized spacial score (nSPS) is 13.3. The summed E-state index contributed by atoms with van der Waals surface area (Å²) in [5, 5.41) is 27.7. The summed E-state index contributed by atoms with van der Waals surface area (Å²) in [4.78, 5) is 26.8. The number of halogens is 1. The highest BCUT2D eigenvalue weighted by Gasteiger charge is 2.51. The van der Waals surface area contributed by atoms with E-state index in [2.05, 4.69) is 128 Å². The number of fused-ring (bicyclic) bond motifs is 6. The number of nitrogen functional groups attached to an aromatic ring is 3. The van der Waals surface area contributed by atoms with Crippen molar-refractivity contribution < 1.29 is 9.31 Å². The van der Waals surface area contributed by atoms with Crippen LogP contribution in [0.3, 0.4) is 0 Å². The van der Waals surface area contributed by atoms with Gasteiger partial charge in [0.15, 0.2) is 16.9 Å². The van der Waals surface area contributed by atoms with Crippen molar-refractivity contribution in [2.75, 3.05) is 17.2 Å². The minimum absolute atomic E-state index is 0.304. The van der Waals surface area contributed by atoms with E-state index in [-0.39, 0.29) is 18.3 Å². The SMILES string of the molecule is CC1(C)OB(c2ccc3ncccc3c2)OC1(C)C.Nc1nc(-c2ccccc2)c(-c2ccc3ncccc3c2)c2nncn12.Nc1nc(-c2ccccc2)c(-c2ccc3ncccc3c2)c2nncn12.Nc1nc(-c2ccccc2)c(Br)c2nncn12. The standard InChI is InChI=1S/2C20H14N6.C15H18BNO2.C11H8BrN5/c2*21-20-24-18(13-5-2-1-3-6-13)17(19-25-23-12-26(19)20)15-8-9-16-14(11-15)7-4-10-22-16;1-14(2)15(3,4)19-16(18-14)12-7-8-13-11(10-12)6-5-9-17-13;12-8-9(7-4-2-1-3-5-7)15-11(13)17-6-14-16-10(8)17/h2*1-12H,(H2,21,24);5-10H,1-4H3;1-6H,(H2,13,15). The highest BCUT2D eigenvalue weighted by atomic mass is 79.9. The lowest BCUT2D eigenvalue weighted by Gasteiger charge is -2.32. The molecule has 15 aromatic rings. The molecule has 0 unspecified atom stereocenters. The number of hydrogen-bond acceptors (Lipinski definition) is 17. The fraction of sp³-hybridized carbons (Fsp3) is 0.0909. The highest BCUT2D eigenvalue weighted by molar-refractivity contribution is 9.10. The number of nitrogens with zero attached hydrogens (tertiary/aromatic N) is 15. The van der Waals surface area contributed by atoms with E-state index >= 15 is 0 Å². The molecule has 1 saturated heterocycles. The summed E-state index contributed by atoms with van der Waals surface area (Å²) in [5.74, 6) is 1.08. The number of pyridine rings is 3. The second-order valence-electron chi connectivity index (χ2n) is 21.6. The van der Waals surface area contributed by atoms with E-state index in [4.69, 9.17) is 26.5 Å². The van der Waals surface area contributed by atoms with E-state index in [0.717, 1.165) is 98.7 Å². The van der Waals surface area contributed by atoms with Crippen LogP contribution in [-0.2, 0) is 9.31 Å². The average Bonchev–Trinajstić information content (AvgIpc) is 2.37. The van der Waals surface area contributed by atoms with Crippen molar-refractivity contribution in [3.05, 3.63) is 224 Å². The Morgan fingerprint density at radius 2 is 0.761 bits per heavy atom. The van der Waals surface area contributed by atoms with E-state index in [0.29, 0.717) is 34.8 Å². The molecule has 0 bridgehead atoms. The van der Waals surface area contributed by atoms with Gasteiger partial charge in [0.25, 0.3) is 0 Å². The third-order valence-corrected chi connectivity index (χ3v) is 16.2. The molecule has 9 aromatic heterocycles. The van der Waals surface area contributed by atoms with Crippen LogP contribution in [-0.4, -0.2) is 92.0 Å². The summed E-state index contributed by atoms with van der Waals surface area (Å²) in [7, 11) is -0.311. The third kappa shape index (κ3) is 10.9. The average molecular weight is 1220 g/mol. The van der Waals surface area contributed by atoms with Crippen LogP contribution in [0.15, 0.2) is 224 Å². The Balaban J connectivity index is 0.000000110. The number of anilines is 3. The van der Waals surface area contributed by atoms with E-state index in [1.165, 1.54) is 6.33 Å². The van der Waals surface area contributed by atoms with Gasteiger partial charge >= 0.3 is 7.12 Å². The van der Waals surface area contributed by atoms with E-state index in [1.807, 2.05) is 158 Å². The lowest BCUT2D eigenvalue weighted by Crippen LogP contribution is -2.41. The zero-order chi connectivity index (χ0) is 60.5. The lowest BCUT2D eigenvalue weighted by atomic mass is 9.78. The van der Waals surface area contributed by atoms with Gasteiger partial charge in [-0.15, -0.1) is 30.6 Å². The Morgan fingerprint density at radius 1 is 0.398 bits per heavy atom. The first-order valence-electron chi connectivity index (χ1n) is 28.0. The molecule has 1 aliphatic rings. The lowest BCUT2D eigenvalue weighted by molar-refractivity contribution is 0.00578. The molecule has 0 radical (unpaired) electrons. The van der Waals surface area contributed by atoms with Crippen LogP contribution in [0.25, 0.3) is 106 Å². The molecular formula is C66H54BBrN18O2. The number of rotatable bonds is 6. The second kappa shape index (κ2) is 23.5. The molecular weight excluding hydrogens is 1170 g/mol. The summed E-state index contributed by atoms with van der Waals surface area (Å²) in [6.45, 7) is 8.26. The maximum absolute atomic E-state index is 6.14. The molecule has 0 atom stereocenters. The number of nitrogens with two attached hydrogens (primary N) is 3. The molecule has 1 aliphatic heterocycles. The Morgan fingerprint density at radius 3 is 1.19 bits per heavy atom. The third-order valence-electron chi connectivity index (χ3n) is 15.5. The second-order valence-corrected chi connectivity index (χ2v) is 22.4. The first-order chi connectivity index (χ1) is 42.8. The summed E-state index contributed by atoms with van der Waals surface area (Å²) in [5.41, 5.74) is 32.5. The Labute approximate surface area is 512 Å². The van der Waals surface area contributed by atoms with Crippen molar-refractivity contribution in [3.8, 4) is 56.0 Å². The number of hydrogen-bond donors (Lipinski definition) is 3. The first-order valence-corrected chi connectivity index (χ1v) is 28.8. The quantitative estimate of drug-likeness (QED) is 0.131. The summed E-state index contributed by atoms with van der Waals surface area (Å²) in [6, 6.07) is 60.1. The zero-order valence-corrected chi connectivity index (χ0v) is 49.6. The van der Waals surface area contributed by atoms with Crippen LogP contribution in [0.2, 0.25) is 0 Å². The molecule has 1 fully saturated rings. The molecule has 430 valence electrons. The van der Waals surface area contributed by atoms with Crippen LogP contribution in [0, 0.1) is 0 Å². The fourth-order valence-electron chi connectivity index (χ4n) is 10.3. The first kappa shape index (κ1) is 56.2. The smallest absolute Gasteiger partial charge is 0.399 e. The van der Waals surface area contributed by atoms with Gasteiger partial charge in [-0.25, -0.2) is 15.0 Å². The van der Waals surface area contributed by atoms with Gasteiger partial charge < -0.3 is 26.5 Å². The molecule has 6 N–H and O–H groups in total. The van der Waals surface area contributed by atoms with E-state index in [1.54, 1.807) is 44.4 Å². The van der Waals surface area contributed by atoms with Gasteiger partial charge in [-0.3, -0.25) is 28.2 Å². The van der Waals surface area contributed by atoms with E-state index in [9.17, 15) is 0 Å². The molecule has 16 rings (SSSR count). The molecule has 0 saturated carbocycles. The van der Waals surface area contributed by atoms with Crippen molar-refractivity contribution in [1.29, 1.82) is 0 Å². The van der Waals surface area contributed by atoms with Gasteiger partial charge in [0, 0.05) is 46.1 Å². The predicted octanol–water partition coefficient (Wildman–Crippen LogP) is 11.8. The minimum atomic E-state index is -0.311. The zero-order valence-electron chi connectivity index (χ0n) is 48.0. The van der Waals surface area contributed by atoms with E-state index < -0.39 is 0 Å². The fourth-order valence-corrected chi connectivity index (χ4v) is 10.9. The molecule has 22 heteroatoms. The van der Waals surface area contributed by atoms with Crippen molar-refractivity contribution in [2.24, 2.45) is 0 Å². The molecule has 10 heterocycles. The van der Waals surface area contributed by atoms with Gasteiger partial charge in [-0.1, -0.05) is 133 Å². The highest BCUT2D eigenvalue weighted by Crippen LogP contribution is 2.39. The molecule has 88 heavy (non-hydrogen) atoms. The monoisotopic (exact) mass is 1220 g/mol. The maximum Gasteiger partial charge on any atom is 0.494 e. The van der Waals surface area contributed by atoms with Crippen molar-refractivity contribution in [2.45, 2.75) is 38.9 Å². The molecule has 0 amide bonds. The van der Waals surface area contributed by atoms with Crippen LogP contribution in [0.5, 0.6) is 0 Å². The van der Waals surface area contributed by atoms with Crippen LogP contribution in [0.4, 0.5) is 17.8 Å². The topological polar surface area (TPSA) is 264 Å². The summed E-state index contributed by atoms with van der Waals surface area (Å²) >= 11 is 3.49. The predicted molar refractivity (Wildman–Crippen MR) is 349 cm³/mol. The maximum atomic E-state index is 6.14. The van der Waals surface area contributed by atoms with Gasteiger partial charge in [0.05, 0.1) is 60.4 Å². The van der Waals surface area contributed by atoms with Gasteiger partial charge in [0.1, 0.15) is 19.0 Å².